The first-order chi connectivity index (χ1) is 11.8. The molecule has 0 saturated heterocycles. The molecule has 0 bridgehead atoms. The molecule has 1 saturated carbocycles. The molecule has 0 amide bonds. The fourth-order valence-corrected chi connectivity index (χ4v) is 3.10. The van der Waals surface area contributed by atoms with E-state index in [1.807, 2.05) is 6.08 Å². The summed E-state index contributed by atoms with van der Waals surface area (Å²) in [5.41, 5.74) is 2.94. The third-order valence-corrected chi connectivity index (χ3v) is 4.07. The standard InChI is InChI=1S/C15H23NO.C4H4O4/c1-16(2)11-13-6-3-4-9-15(13)12-7-5-8-14(17)10-12;5-3(6)1-2-4(7)8/h5,7-8,13,17H,3-4,6,9-11H2,1-2H3;1-2H,(H,5,6)(H,7,8)/b;2-1-. The van der Waals surface area contributed by atoms with E-state index < -0.39 is 11.9 Å². The molecule has 0 aromatic carbocycles. The van der Waals surface area contributed by atoms with Gasteiger partial charge in [-0.15, -0.1) is 0 Å². The second kappa shape index (κ2) is 10.5. The minimum Gasteiger partial charge on any atom is -0.512 e. The van der Waals surface area contributed by atoms with E-state index in [-0.39, 0.29) is 0 Å². The summed E-state index contributed by atoms with van der Waals surface area (Å²) >= 11 is 0. The molecule has 2 aliphatic rings. The lowest BCUT2D eigenvalue weighted by Crippen LogP contribution is -2.26. The van der Waals surface area contributed by atoms with Crippen molar-refractivity contribution in [3.63, 3.8) is 0 Å². The Morgan fingerprint density at radius 1 is 1.20 bits per heavy atom. The van der Waals surface area contributed by atoms with Crippen molar-refractivity contribution in [1.82, 2.24) is 4.90 Å². The highest BCUT2D eigenvalue weighted by atomic mass is 16.4. The van der Waals surface area contributed by atoms with E-state index in [4.69, 9.17) is 10.2 Å². The maximum atomic E-state index is 9.64. The monoisotopic (exact) mass is 349 g/mol. The molecule has 6 nitrogen and oxygen atoms in total. The minimum absolute atomic E-state index is 0.504. The van der Waals surface area contributed by atoms with E-state index >= 15 is 0 Å². The van der Waals surface area contributed by atoms with Crippen LogP contribution in [0.4, 0.5) is 0 Å². The second-order valence-corrected chi connectivity index (χ2v) is 6.46. The Hall–Kier alpha value is -2.34. The van der Waals surface area contributed by atoms with Gasteiger partial charge in [0.25, 0.3) is 0 Å². The molecule has 0 heterocycles. The van der Waals surface area contributed by atoms with Gasteiger partial charge in [-0.05, 0) is 50.9 Å². The van der Waals surface area contributed by atoms with Gasteiger partial charge in [-0.2, -0.15) is 0 Å². The van der Waals surface area contributed by atoms with Gasteiger partial charge in [0.1, 0.15) is 0 Å². The van der Waals surface area contributed by atoms with Crippen molar-refractivity contribution >= 4 is 11.9 Å². The van der Waals surface area contributed by atoms with Gasteiger partial charge in [0.05, 0.1) is 5.76 Å². The Labute approximate surface area is 148 Å². The number of allylic oxidation sites excluding steroid dienone is 4. The average molecular weight is 349 g/mol. The van der Waals surface area contributed by atoms with Crippen molar-refractivity contribution in [2.24, 2.45) is 5.92 Å². The van der Waals surface area contributed by atoms with E-state index in [9.17, 15) is 14.7 Å². The molecular formula is C19H27NO5. The number of aliphatic hydroxyl groups is 1. The molecule has 0 aromatic rings. The quantitative estimate of drug-likeness (QED) is 0.675. The fraction of sp³-hybridized carbons (Fsp3) is 0.474. The summed E-state index contributed by atoms with van der Waals surface area (Å²) in [5, 5.41) is 25.3. The van der Waals surface area contributed by atoms with Gasteiger partial charge < -0.3 is 20.2 Å². The number of nitrogens with zero attached hydrogens (tertiary/aromatic N) is 1. The van der Waals surface area contributed by atoms with Crippen LogP contribution in [0, 0.1) is 5.92 Å². The van der Waals surface area contributed by atoms with Crippen LogP contribution in [0.15, 0.2) is 47.3 Å². The molecule has 1 unspecified atom stereocenters. The Morgan fingerprint density at radius 3 is 2.36 bits per heavy atom. The number of carboxylic acids is 2. The second-order valence-electron chi connectivity index (χ2n) is 6.46. The number of aliphatic hydroxyl groups excluding tert-OH is 1. The van der Waals surface area contributed by atoms with Crippen LogP contribution in [0.2, 0.25) is 0 Å². The first kappa shape index (κ1) is 20.7. The zero-order chi connectivity index (χ0) is 18.8. The highest BCUT2D eigenvalue weighted by Crippen LogP contribution is 2.35. The number of hydrogen-bond donors (Lipinski definition) is 3. The number of carbonyl (C=O) groups is 2. The van der Waals surface area contributed by atoms with Crippen LogP contribution in [0.25, 0.3) is 0 Å². The van der Waals surface area contributed by atoms with Crippen molar-refractivity contribution in [3.05, 3.63) is 47.3 Å². The summed E-state index contributed by atoms with van der Waals surface area (Å²) in [6.45, 7) is 1.14. The van der Waals surface area contributed by atoms with Gasteiger partial charge in [-0.3, -0.25) is 0 Å². The van der Waals surface area contributed by atoms with E-state index in [0.717, 1.165) is 13.0 Å². The molecule has 0 aromatic heterocycles. The van der Waals surface area contributed by atoms with Crippen molar-refractivity contribution in [3.8, 4) is 0 Å². The van der Waals surface area contributed by atoms with Crippen LogP contribution in [0.5, 0.6) is 0 Å². The van der Waals surface area contributed by atoms with E-state index in [1.165, 1.54) is 31.3 Å². The SMILES string of the molecule is CN(C)CC1CCCCC1=C1C=CC=C(O)C1.O=C(O)/C=C\C(=O)O. The third-order valence-electron chi connectivity index (χ3n) is 4.07. The Balaban J connectivity index is 0.000000333. The van der Waals surface area contributed by atoms with E-state index in [2.05, 4.69) is 25.1 Å². The highest BCUT2D eigenvalue weighted by molar-refractivity contribution is 5.89. The van der Waals surface area contributed by atoms with Crippen LogP contribution in [-0.2, 0) is 9.59 Å². The molecule has 138 valence electrons. The Kier molecular flexibility index (Phi) is 8.70. The summed E-state index contributed by atoms with van der Waals surface area (Å²) in [6.07, 6.45) is 13.0. The van der Waals surface area contributed by atoms with E-state index in [1.54, 1.807) is 11.6 Å². The first-order valence-corrected chi connectivity index (χ1v) is 8.36. The van der Waals surface area contributed by atoms with Crippen LogP contribution >= 0.6 is 0 Å². The molecule has 0 radical (unpaired) electrons. The van der Waals surface area contributed by atoms with Gasteiger partial charge >= 0.3 is 11.9 Å². The Bertz CT molecular complexity index is 583. The van der Waals surface area contributed by atoms with Crippen LogP contribution < -0.4 is 0 Å². The summed E-state index contributed by atoms with van der Waals surface area (Å²) in [7, 11) is 4.29. The number of carboxylic acid groups (broad SMARTS) is 2. The van der Waals surface area contributed by atoms with Crippen LogP contribution in [-0.4, -0.2) is 52.8 Å². The molecule has 1 fully saturated rings. The fourth-order valence-electron chi connectivity index (χ4n) is 3.10. The lowest BCUT2D eigenvalue weighted by Gasteiger charge is -2.30. The third kappa shape index (κ3) is 8.35. The zero-order valence-corrected chi connectivity index (χ0v) is 14.8. The maximum absolute atomic E-state index is 9.64. The predicted molar refractivity (Wildman–Crippen MR) is 96.4 cm³/mol. The first-order valence-electron chi connectivity index (χ1n) is 8.36. The highest BCUT2D eigenvalue weighted by Gasteiger charge is 2.22. The topological polar surface area (TPSA) is 98.1 Å². The molecule has 2 aliphatic carbocycles. The number of rotatable bonds is 4. The average Bonchev–Trinajstić information content (AvgIpc) is 2.53. The molecule has 0 spiro atoms. The Morgan fingerprint density at radius 2 is 1.84 bits per heavy atom. The smallest absolute Gasteiger partial charge is 0.328 e. The molecule has 6 heteroatoms. The van der Waals surface area contributed by atoms with Gasteiger partial charge in [-0.25, -0.2) is 9.59 Å². The lowest BCUT2D eigenvalue weighted by molar-refractivity contribution is -0.134. The molecular weight excluding hydrogens is 322 g/mol. The number of hydrogen-bond acceptors (Lipinski definition) is 4. The van der Waals surface area contributed by atoms with Crippen molar-refractivity contribution < 1.29 is 24.9 Å². The summed E-state index contributed by atoms with van der Waals surface area (Å²) in [6, 6.07) is 0. The van der Waals surface area contributed by atoms with E-state index in [0.29, 0.717) is 23.8 Å². The van der Waals surface area contributed by atoms with Gasteiger partial charge in [0, 0.05) is 25.1 Å². The molecule has 2 rings (SSSR count). The normalized spacial score (nSPS) is 23.2. The van der Waals surface area contributed by atoms with Crippen LogP contribution in [0.1, 0.15) is 32.1 Å². The maximum Gasteiger partial charge on any atom is 0.328 e. The molecule has 0 aliphatic heterocycles. The van der Waals surface area contributed by atoms with Gasteiger partial charge in [0.2, 0.25) is 0 Å². The summed E-state index contributed by atoms with van der Waals surface area (Å²) in [4.78, 5) is 21.4. The largest absolute Gasteiger partial charge is 0.512 e. The van der Waals surface area contributed by atoms with Crippen molar-refractivity contribution in [2.45, 2.75) is 32.1 Å². The molecule has 1 atom stereocenters. The lowest BCUT2D eigenvalue weighted by atomic mass is 9.80. The summed E-state index contributed by atoms with van der Waals surface area (Å²) in [5.74, 6) is -1.33. The van der Waals surface area contributed by atoms with Crippen molar-refractivity contribution in [2.75, 3.05) is 20.6 Å². The van der Waals surface area contributed by atoms with Crippen molar-refractivity contribution in [1.29, 1.82) is 0 Å². The predicted octanol–water partition coefficient (Wildman–Crippen LogP) is 3.15. The van der Waals surface area contributed by atoms with Gasteiger partial charge in [-0.1, -0.05) is 24.1 Å². The summed E-state index contributed by atoms with van der Waals surface area (Å²) < 4.78 is 0. The molecule has 25 heavy (non-hydrogen) atoms. The van der Waals surface area contributed by atoms with Gasteiger partial charge in [0.15, 0.2) is 0 Å². The zero-order valence-electron chi connectivity index (χ0n) is 14.8. The number of aliphatic carboxylic acids is 2. The molecule has 3 N–H and O–H groups in total. The van der Waals surface area contributed by atoms with Crippen LogP contribution in [0.3, 0.4) is 0 Å². The minimum atomic E-state index is -1.26.